The zero-order valence-electron chi connectivity index (χ0n) is 12.1. The Hall–Kier alpha value is -2.16. The maximum absolute atomic E-state index is 8.86. The van der Waals surface area contributed by atoms with Crippen LogP contribution in [-0.2, 0) is 6.54 Å². The van der Waals surface area contributed by atoms with Crippen LogP contribution in [0.2, 0.25) is 5.02 Å². The number of nitriles is 1. The summed E-state index contributed by atoms with van der Waals surface area (Å²) < 4.78 is 0. The number of nitrogens with zero attached hydrogens (tertiary/aromatic N) is 5. The average molecular weight is 314 g/mol. The van der Waals surface area contributed by atoms with Gasteiger partial charge in [-0.15, -0.1) is 0 Å². The minimum absolute atomic E-state index is 0.488. The second-order valence-corrected chi connectivity index (χ2v) is 5.63. The minimum Gasteiger partial charge on any atom is -0.353 e. The molecular formula is C16H16ClN5. The van der Waals surface area contributed by atoms with E-state index in [1.54, 1.807) is 12.3 Å². The molecule has 1 aliphatic heterocycles. The van der Waals surface area contributed by atoms with Crippen molar-refractivity contribution in [1.82, 2.24) is 14.9 Å². The minimum atomic E-state index is 0.488. The van der Waals surface area contributed by atoms with Gasteiger partial charge in [0, 0.05) is 45.1 Å². The molecule has 22 heavy (non-hydrogen) atoms. The Labute approximate surface area is 134 Å². The van der Waals surface area contributed by atoms with Crippen LogP contribution in [0.25, 0.3) is 0 Å². The van der Waals surface area contributed by atoms with E-state index in [2.05, 4.69) is 25.8 Å². The predicted octanol–water partition coefficient (Wildman–Crippen LogP) is 2.32. The second kappa shape index (κ2) is 6.73. The number of hydrogen-bond acceptors (Lipinski definition) is 5. The Morgan fingerprint density at radius 2 is 2.00 bits per heavy atom. The van der Waals surface area contributed by atoms with Gasteiger partial charge in [-0.05, 0) is 18.2 Å². The van der Waals surface area contributed by atoms with E-state index in [0.29, 0.717) is 10.6 Å². The monoisotopic (exact) mass is 313 g/mol. The van der Waals surface area contributed by atoms with Crippen molar-refractivity contribution in [3.05, 3.63) is 52.9 Å². The van der Waals surface area contributed by atoms with Crippen LogP contribution in [0.1, 0.15) is 11.3 Å². The van der Waals surface area contributed by atoms with E-state index in [-0.39, 0.29) is 0 Å². The van der Waals surface area contributed by atoms with Gasteiger partial charge >= 0.3 is 0 Å². The molecule has 0 aromatic carbocycles. The van der Waals surface area contributed by atoms with E-state index >= 15 is 0 Å². The highest BCUT2D eigenvalue weighted by atomic mass is 35.5. The number of hydrogen-bond donors (Lipinski definition) is 0. The number of pyridine rings is 2. The van der Waals surface area contributed by atoms with E-state index in [0.717, 1.165) is 44.2 Å². The van der Waals surface area contributed by atoms with Crippen LogP contribution in [0.4, 0.5) is 5.82 Å². The van der Waals surface area contributed by atoms with E-state index in [4.69, 9.17) is 16.9 Å². The normalized spacial score (nSPS) is 15.5. The first-order valence-corrected chi connectivity index (χ1v) is 7.57. The van der Waals surface area contributed by atoms with Crippen LogP contribution in [0.3, 0.4) is 0 Å². The highest BCUT2D eigenvalue weighted by Gasteiger charge is 2.20. The van der Waals surface area contributed by atoms with Gasteiger partial charge in [0.05, 0.1) is 16.3 Å². The van der Waals surface area contributed by atoms with Gasteiger partial charge in [-0.2, -0.15) is 5.26 Å². The third-order valence-corrected chi connectivity index (χ3v) is 4.01. The Morgan fingerprint density at radius 3 is 2.64 bits per heavy atom. The van der Waals surface area contributed by atoms with Crippen LogP contribution in [-0.4, -0.2) is 41.0 Å². The van der Waals surface area contributed by atoms with Gasteiger partial charge in [0.2, 0.25) is 0 Å². The molecule has 0 amide bonds. The fourth-order valence-electron chi connectivity index (χ4n) is 2.56. The molecule has 112 valence electrons. The Kier molecular flexibility index (Phi) is 4.52. The standard InChI is InChI=1S/C16H16ClN5/c17-15-9-13(10-18)11-20-16(15)22-7-5-21(6-8-22)12-14-3-1-2-4-19-14/h1-4,9,11H,5-8,12H2. The summed E-state index contributed by atoms with van der Waals surface area (Å²) in [5, 5.41) is 9.40. The summed E-state index contributed by atoms with van der Waals surface area (Å²) in [5.41, 5.74) is 1.58. The zero-order valence-corrected chi connectivity index (χ0v) is 12.9. The molecule has 5 nitrogen and oxygen atoms in total. The van der Waals surface area contributed by atoms with Gasteiger partial charge in [-0.1, -0.05) is 17.7 Å². The summed E-state index contributed by atoms with van der Waals surface area (Å²) >= 11 is 6.23. The lowest BCUT2D eigenvalue weighted by molar-refractivity contribution is 0.246. The fraction of sp³-hybridized carbons (Fsp3) is 0.312. The van der Waals surface area contributed by atoms with Crippen LogP contribution in [0.15, 0.2) is 36.7 Å². The van der Waals surface area contributed by atoms with Crippen LogP contribution < -0.4 is 4.90 Å². The molecule has 0 unspecified atom stereocenters. The number of rotatable bonds is 3. The first-order chi connectivity index (χ1) is 10.8. The highest BCUT2D eigenvalue weighted by molar-refractivity contribution is 6.33. The maximum atomic E-state index is 8.86. The topological polar surface area (TPSA) is 56.1 Å². The summed E-state index contributed by atoms with van der Waals surface area (Å²) in [6.45, 7) is 4.48. The van der Waals surface area contributed by atoms with Crippen LogP contribution >= 0.6 is 11.6 Å². The van der Waals surface area contributed by atoms with E-state index in [1.807, 2.05) is 24.4 Å². The lowest BCUT2D eigenvalue weighted by Gasteiger charge is -2.35. The predicted molar refractivity (Wildman–Crippen MR) is 85.7 cm³/mol. The quantitative estimate of drug-likeness (QED) is 0.870. The van der Waals surface area contributed by atoms with Crippen molar-refractivity contribution in [3.8, 4) is 6.07 Å². The lowest BCUT2D eigenvalue weighted by atomic mass is 10.2. The smallest absolute Gasteiger partial charge is 0.147 e. The average Bonchev–Trinajstić information content (AvgIpc) is 2.56. The summed E-state index contributed by atoms with van der Waals surface area (Å²) in [4.78, 5) is 13.2. The van der Waals surface area contributed by atoms with Crippen molar-refractivity contribution in [2.75, 3.05) is 31.1 Å². The first kappa shape index (κ1) is 14.8. The summed E-state index contributed by atoms with van der Waals surface area (Å²) in [6.07, 6.45) is 3.40. The molecule has 0 spiro atoms. The zero-order chi connectivity index (χ0) is 15.4. The molecule has 0 atom stereocenters. The molecule has 3 rings (SSSR count). The Bertz CT molecular complexity index is 675. The number of halogens is 1. The Morgan fingerprint density at radius 1 is 1.18 bits per heavy atom. The van der Waals surface area contributed by atoms with E-state index in [9.17, 15) is 0 Å². The SMILES string of the molecule is N#Cc1cnc(N2CCN(Cc3ccccn3)CC2)c(Cl)c1. The van der Waals surface area contributed by atoms with E-state index in [1.165, 1.54) is 0 Å². The molecule has 1 fully saturated rings. The van der Waals surface area contributed by atoms with Crippen LogP contribution in [0, 0.1) is 11.3 Å². The molecule has 2 aromatic rings. The first-order valence-electron chi connectivity index (χ1n) is 7.19. The van der Waals surface area contributed by atoms with Gasteiger partial charge in [0.1, 0.15) is 11.9 Å². The van der Waals surface area contributed by atoms with Gasteiger partial charge in [-0.25, -0.2) is 4.98 Å². The van der Waals surface area contributed by atoms with Crippen molar-refractivity contribution in [2.45, 2.75) is 6.54 Å². The molecule has 1 saturated heterocycles. The van der Waals surface area contributed by atoms with Gasteiger partial charge in [-0.3, -0.25) is 9.88 Å². The second-order valence-electron chi connectivity index (χ2n) is 5.23. The van der Waals surface area contributed by atoms with E-state index < -0.39 is 0 Å². The summed E-state index contributed by atoms with van der Waals surface area (Å²) in [6, 6.07) is 9.71. The van der Waals surface area contributed by atoms with Crippen molar-refractivity contribution in [1.29, 1.82) is 5.26 Å². The summed E-state index contributed by atoms with van der Waals surface area (Å²) in [7, 11) is 0. The van der Waals surface area contributed by atoms with Crippen molar-refractivity contribution < 1.29 is 0 Å². The highest BCUT2D eigenvalue weighted by Crippen LogP contribution is 2.25. The molecule has 0 saturated carbocycles. The van der Waals surface area contributed by atoms with Gasteiger partial charge in [0.15, 0.2) is 0 Å². The number of aromatic nitrogens is 2. The molecule has 0 radical (unpaired) electrons. The van der Waals surface area contributed by atoms with Crippen molar-refractivity contribution in [2.24, 2.45) is 0 Å². The molecular weight excluding hydrogens is 298 g/mol. The molecule has 6 heteroatoms. The third kappa shape index (κ3) is 3.35. The largest absolute Gasteiger partial charge is 0.353 e. The molecule has 2 aromatic heterocycles. The lowest BCUT2D eigenvalue weighted by Crippen LogP contribution is -2.46. The van der Waals surface area contributed by atoms with Crippen molar-refractivity contribution in [3.63, 3.8) is 0 Å². The molecule has 0 N–H and O–H groups in total. The number of anilines is 1. The van der Waals surface area contributed by atoms with Gasteiger partial charge in [0.25, 0.3) is 0 Å². The molecule has 1 aliphatic rings. The van der Waals surface area contributed by atoms with Crippen LogP contribution in [0.5, 0.6) is 0 Å². The summed E-state index contributed by atoms with van der Waals surface area (Å²) in [5.74, 6) is 0.762. The van der Waals surface area contributed by atoms with Gasteiger partial charge < -0.3 is 4.90 Å². The maximum Gasteiger partial charge on any atom is 0.147 e. The third-order valence-electron chi connectivity index (χ3n) is 3.73. The van der Waals surface area contributed by atoms with Crippen molar-refractivity contribution >= 4 is 17.4 Å². The molecule has 3 heterocycles. The fourth-order valence-corrected chi connectivity index (χ4v) is 2.85. The molecule has 0 aliphatic carbocycles. The Balaban J connectivity index is 1.61. The number of piperazine rings is 1. The molecule has 0 bridgehead atoms.